The van der Waals surface area contributed by atoms with Crippen LogP contribution in [0.15, 0.2) is 30.5 Å². The minimum Gasteiger partial charge on any atom is -0.350 e. The molecule has 104 valence electrons. The first kappa shape index (κ1) is 14.1. The molecule has 1 aromatic heterocycles. The molecule has 0 spiro atoms. The first-order chi connectivity index (χ1) is 9.26. The Hall–Kier alpha value is -1.28. The number of nitrogens with zero attached hydrogens (tertiary/aromatic N) is 2. The summed E-state index contributed by atoms with van der Waals surface area (Å²) in [6.07, 6.45) is 5.94. The minimum atomic E-state index is 1.15. The lowest BCUT2D eigenvalue weighted by molar-refractivity contribution is 0.278. The normalized spacial score (nSPS) is 11.6. The van der Waals surface area contributed by atoms with Crippen LogP contribution in [0.2, 0.25) is 0 Å². The van der Waals surface area contributed by atoms with E-state index in [1.54, 1.807) is 0 Å². The Balaban J connectivity index is 2.08. The van der Waals surface area contributed by atoms with Gasteiger partial charge < -0.3 is 9.47 Å². The monoisotopic (exact) mass is 258 g/mol. The zero-order valence-electron chi connectivity index (χ0n) is 12.5. The largest absolute Gasteiger partial charge is 0.350 e. The molecule has 2 aromatic rings. The Bertz CT molecular complexity index is 507. The molecule has 0 aliphatic heterocycles. The summed E-state index contributed by atoms with van der Waals surface area (Å²) in [4.78, 5) is 2.59. The molecule has 1 heterocycles. The number of fused-ring (bicyclic) bond motifs is 1. The van der Waals surface area contributed by atoms with Crippen molar-refractivity contribution >= 4 is 10.9 Å². The molecule has 19 heavy (non-hydrogen) atoms. The molecule has 0 unspecified atom stereocenters. The SMILES string of the molecule is CCCN(CCC)CCc1cn(C)c2ccccc12. The van der Waals surface area contributed by atoms with Crippen molar-refractivity contribution in [2.75, 3.05) is 19.6 Å². The summed E-state index contributed by atoms with van der Waals surface area (Å²) in [5, 5.41) is 1.41. The van der Waals surface area contributed by atoms with E-state index in [0.717, 1.165) is 6.42 Å². The molecule has 0 radical (unpaired) electrons. The highest BCUT2D eigenvalue weighted by molar-refractivity contribution is 5.83. The van der Waals surface area contributed by atoms with Crippen molar-refractivity contribution in [3.8, 4) is 0 Å². The Morgan fingerprint density at radius 2 is 1.68 bits per heavy atom. The maximum atomic E-state index is 2.59. The van der Waals surface area contributed by atoms with Crippen LogP contribution in [0.5, 0.6) is 0 Å². The fraction of sp³-hybridized carbons (Fsp3) is 0.529. The van der Waals surface area contributed by atoms with Crippen LogP contribution in [0, 0.1) is 0 Å². The van der Waals surface area contributed by atoms with Crippen LogP contribution in [0.4, 0.5) is 0 Å². The summed E-state index contributed by atoms with van der Waals surface area (Å²) in [5.41, 5.74) is 2.82. The third kappa shape index (κ3) is 3.38. The summed E-state index contributed by atoms with van der Waals surface area (Å²) in [6, 6.07) is 8.71. The number of para-hydroxylation sites is 1. The summed E-state index contributed by atoms with van der Waals surface area (Å²) >= 11 is 0. The molecule has 2 heteroatoms. The Labute approximate surface area is 117 Å². The van der Waals surface area contributed by atoms with Gasteiger partial charge in [0.2, 0.25) is 0 Å². The second-order valence-corrected chi connectivity index (χ2v) is 5.37. The van der Waals surface area contributed by atoms with E-state index in [1.807, 2.05) is 0 Å². The van der Waals surface area contributed by atoms with E-state index in [9.17, 15) is 0 Å². The molecule has 0 amide bonds. The average molecular weight is 258 g/mol. The first-order valence-electron chi connectivity index (χ1n) is 7.51. The highest BCUT2D eigenvalue weighted by Crippen LogP contribution is 2.20. The van der Waals surface area contributed by atoms with Gasteiger partial charge in [-0.25, -0.2) is 0 Å². The van der Waals surface area contributed by atoms with E-state index < -0.39 is 0 Å². The van der Waals surface area contributed by atoms with Gasteiger partial charge in [0.15, 0.2) is 0 Å². The van der Waals surface area contributed by atoms with E-state index >= 15 is 0 Å². The molecule has 1 aromatic carbocycles. The molecule has 2 nitrogen and oxygen atoms in total. The number of hydrogen-bond donors (Lipinski definition) is 0. The summed E-state index contributed by atoms with van der Waals surface area (Å²) in [6.45, 7) is 8.15. The van der Waals surface area contributed by atoms with Gasteiger partial charge in [-0.2, -0.15) is 0 Å². The Morgan fingerprint density at radius 1 is 1.00 bits per heavy atom. The Morgan fingerprint density at radius 3 is 2.37 bits per heavy atom. The van der Waals surface area contributed by atoms with Crippen molar-refractivity contribution in [3.05, 3.63) is 36.0 Å². The van der Waals surface area contributed by atoms with Crippen LogP contribution in [-0.2, 0) is 13.5 Å². The average Bonchev–Trinajstić information content (AvgIpc) is 2.74. The zero-order chi connectivity index (χ0) is 13.7. The van der Waals surface area contributed by atoms with Gasteiger partial charge >= 0.3 is 0 Å². The molecule has 0 saturated carbocycles. The summed E-state index contributed by atoms with van der Waals surface area (Å²) in [5.74, 6) is 0. The zero-order valence-corrected chi connectivity index (χ0v) is 12.5. The second-order valence-electron chi connectivity index (χ2n) is 5.37. The quantitative estimate of drug-likeness (QED) is 0.732. The lowest BCUT2D eigenvalue weighted by atomic mass is 10.1. The van der Waals surface area contributed by atoms with Crippen LogP contribution in [0.1, 0.15) is 32.3 Å². The van der Waals surface area contributed by atoms with Crippen molar-refractivity contribution in [3.63, 3.8) is 0 Å². The standard InChI is InChI=1S/C17H26N2/c1-4-11-19(12-5-2)13-10-15-14-18(3)17-9-7-6-8-16(15)17/h6-9,14H,4-5,10-13H2,1-3H3. The van der Waals surface area contributed by atoms with Gasteiger partial charge in [0.1, 0.15) is 0 Å². The van der Waals surface area contributed by atoms with Gasteiger partial charge in [0.25, 0.3) is 0 Å². The van der Waals surface area contributed by atoms with Gasteiger partial charge in [-0.05, 0) is 44.0 Å². The number of benzene rings is 1. The highest BCUT2D eigenvalue weighted by Gasteiger charge is 2.08. The van der Waals surface area contributed by atoms with Gasteiger partial charge in [0, 0.05) is 30.7 Å². The fourth-order valence-electron chi connectivity index (χ4n) is 2.87. The molecule has 0 N–H and O–H groups in total. The minimum absolute atomic E-state index is 1.15. The van der Waals surface area contributed by atoms with Crippen LogP contribution in [-0.4, -0.2) is 29.1 Å². The fourth-order valence-corrected chi connectivity index (χ4v) is 2.87. The van der Waals surface area contributed by atoms with Crippen molar-refractivity contribution in [2.24, 2.45) is 7.05 Å². The van der Waals surface area contributed by atoms with E-state index in [2.05, 4.69) is 60.8 Å². The molecule has 0 aliphatic rings. The molecule has 2 rings (SSSR count). The molecule has 0 fully saturated rings. The predicted octanol–water partition coefficient (Wildman–Crippen LogP) is 3.84. The third-order valence-corrected chi connectivity index (χ3v) is 3.76. The van der Waals surface area contributed by atoms with E-state index in [1.165, 1.54) is 48.9 Å². The highest BCUT2D eigenvalue weighted by atomic mass is 15.1. The maximum Gasteiger partial charge on any atom is 0.0480 e. The number of aromatic nitrogens is 1. The molecular formula is C17H26N2. The van der Waals surface area contributed by atoms with Gasteiger partial charge in [-0.15, -0.1) is 0 Å². The van der Waals surface area contributed by atoms with E-state index in [4.69, 9.17) is 0 Å². The van der Waals surface area contributed by atoms with Crippen molar-refractivity contribution < 1.29 is 0 Å². The summed E-state index contributed by atoms with van der Waals surface area (Å²) < 4.78 is 2.24. The van der Waals surface area contributed by atoms with E-state index in [0.29, 0.717) is 0 Å². The predicted molar refractivity (Wildman–Crippen MR) is 83.6 cm³/mol. The first-order valence-corrected chi connectivity index (χ1v) is 7.51. The smallest absolute Gasteiger partial charge is 0.0480 e. The second kappa shape index (κ2) is 6.76. The molecular weight excluding hydrogens is 232 g/mol. The number of rotatable bonds is 7. The van der Waals surface area contributed by atoms with Gasteiger partial charge in [-0.1, -0.05) is 32.0 Å². The lowest BCUT2D eigenvalue weighted by Gasteiger charge is -2.20. The molecule has 0 bridgehead atoms. The van der Waals surface area contributed by atoms with Crippen molar-refractivity contribution in [2.45, 2.75) is 33.1 Å². The van der Waals surface area contributed by atoms with Crippen LogP contribution in [0.3, 0.4) is 0 Å². The van der Waals surface area contributed by atoms with Crippen LogP contribution >= 0.6 is 0 Å². The number of aryl methyl sites for hydroxylation is 1. The van der Waals surface area contributed by atoms with Crippen LogP contribution < -0.4 is 0 Å². The topological polar surface area (TPSA) is 8.17 Å². The van der Waals surface area contributed by atoms with Crippen molar-refractivity contribution in [1.82, 2.24) is 9.47 Å². The van der Waals surface area contributed by atoms with Crippen LogP contribution in [0.25, 0.3) is 10.9 Å². The molecule has 0 aliphatic carbocycles. The maximum absolute atomic E-state index is 2.59. The van der Waals surface area contributed by atoms with E-state index in [-0.39, 0.29) is 0 Å². The Kier molecular flexibility index (Phi) is 5.03. The van der Waals surface area contributed by atoms with Crippen molar-refractivity contribution in [1.29, 1.82) is 0 Å². The molecule has 0 saturated heterocycles. The lowest BCUT2D eigenvalue weighted by Crippen LogP contribution is -2.27. The molecule has 0 atom stereocenters. The van der Waals surface area contributed by atoms with Gasteiger partial charge in [-0.3, -0.25) is 0 Å². The third-order valence-electron chi connectivity index (χ3n) is 3.76. The van der Waals surface area contributed by atoms with Gasteiger partial charge in [0.05, 0.1) is 0 Å². The summed E-state index contributed by atoms with van der Waals surface area (Å²) in [7, 11) is 2.14. The number of hydrogen-bond acceptors (Lipinski definition) is 1.